The van der Waals surface area contributed by atoms with Crippen LogP contribution in [0.4, 0.5) is 8.78 Å². The van der Waals surface area contributed by atoms with Crippen LogP contribution in [0.5, 0.6) is 0 Å². The van der Waals surface area contributed by atoms with Gasteiger partial charge in [0, 0.05) is 11.2 Å². The zero-order valence-electron chi connectivity index (χ0n) is 7.59. The maximum atomic E-state index is 12.5. The third kappa shape index (κ3) is 3.55. The second-order valence-corrected chi connectivity index (χ2v) is 4.21. The van der Waals surface area contributed by atoms with Gasteiger partial charge in [-0.25, -0.2) is 8.78 Å². The summed E-state index contributed by atoms with van der Waals surface area (Å²) < 4.78 is 45.6. The van der Waals surface area contributed by atoms with Crippen molar-refractivity contribution in [1.82, 2.24) is 0 Å². The first-order valence-corrected chi connectivity index (χ1v) is 5.15. The fourth-order valence-electron chi connectivity index (χ4n) is 1.74. The van der Waals surface area contributed by atoms with Crippen LogP contribution in [-0.4, -0.2) is 20.9 Å². The Morgan fingerprint density at radius 3 is 2.15 bits per heavy atom. The van der Waals surface area contributed by atoms with E-state index in [0.29, 0.717) is 12.8 Å². The minimum atomic E-state index is -2.50. The van der Waals surface area contributed by atoms with E-state index >= 15 is 0 Å². The molecule has 6 heteroatoms. The summed E-state index contributed by atoms with van der Waals surface area (Å²) >= 11 is -2.35. The Bertz CT molecular complexity index is 183. The minimum absolute atomic E-state index is 0. The fraction of sp³-hybridized carbons (Fsp3) is 1.00. The van der Waals surface area contributed by atoms with E-state index in [4.69, 9.17) is 0 Å². The Hall–Kier alpha value is 0.970. The third-order valence-electron chi connectivity index (χ3n) is 2.47. The van der Waals surface area contributed by atoms with Crippen molar-refractivity contribution in [1.29, 1.82) is 0 Å². The van der Waals surface area contributed by atoms with Gasteiger partial charge in [0.15, 0.2) is 0 Å². The van der Waals surface area contributed by atoms with Gasteiger partial charge in [0.25, 0.3) is 0 Å². The molecule has 0 aromatic heterocycles. The van der Waals surface area contributed by atoms with E-state index in [9.17, 15) is 17.5 Å². The second-order valence-electron chi connectivity index (χ2n) is 3.32. The summed E-state index contributed by atoms with van der Waals surface area (Å²) in [5.74, 6) is -0.384. The van der Waals surface area contributed by atoms with Crippen LogP contribution in [0.2, 0.25) is 0 Å². The van der Waals surface area contributed by atoms with Gasteiger partial charge in [-0.05, 0) is 12.8 Å². The van der Waals surface area contributed by atoms with Gasteiger partial charge in [-0.3, -0.25) is 4.21 Å². The molecular formula is C7H11F2NaO2S. The Labute approximate surface area is 101 Å². The van der Waals surface area contributed by atoms with Gasteiger partial charge in [0.05, 0.1) is 0 Å². The Balaban J connectivity index is 0.00000144. The molecule has 2 nitrogen and oxygen atoms in total. The molecule has 0 spiro atoms. The van der Waals surface area contributed by atoms with Gasteiger partial charge in [-0.2, -0.15) is 0 Å². The van der Waals surface area contributed by atoms with Crippen molar-refractivity contribution in [2.24, 2.45) is 5.41 Å². The quantitative estimate of drug-likeness (QED) is 0.438. The molecule has 0 radical (unpaired) electrons. The SMILES string of the molecule is O=S([O-])CC1(C(F)F)CCCC1.[Na+]. The van der Waals surface area contributed by atoms with Crippen LogP contribution >= 0.6 is 0 Å². The van der Waals surface area contributed by atoms with Crippen LogP contribution in [0.15, 0.2) is 0 Å². The molecule has 0 N–H and O–H groups in total. The molecule has 1 saturated carbocycles. The van der Waals surface area contributed by atoms with Crippen molar-refractivity contribution in [3.05, 3.63) is 0 Å². The van der Waals surface area contributed by atoms with E-state index in [1.54, 1.807) is 0 Å². The molecule has 1 fully saturated rings. The molecule has 0 aromatic carbocycles. The van der Waals surface area contributed by atoms with Crippen molar-refractivity contribution in [2.75, 3.05) is 5.75 Å². The summed E-state index contributed by atoms with van der Waals surface area (Å²) in [4.78, 5) is 0. The average Bonchev–Trinajstić information content (AvgIpc) is 2.35. The standard InChI is InChI=1S/C7H12F2O2S.Na/c8-6(9)7(5-12(10)11)3-1-2-4-7;/h6H,1-5H2,(H,10,11);/q;+1/p-1. The molecule has 13 heavy (non-hydrogen) atoms. The molecule has 0 heterocycles. The molecule has 0 bridgehead atoms. The predicted molar refractivity (Wildman–Crippen MR) is 40.7 cm³/mol. The molecule has 0 amide bonds. The predicted octanol–water partition coefficient (Wildman–Crippen LogP) is -1.30. The summed E-state index contributed by atoms with van der Waals surface area (Å²) in [5, 5.41) is 0. The van der Waals surface area contributed by atoms with Gasteiger partial charge < -0.3 is 4.55 Å². The summed E-state index contributed by atoms with van der Waals surface area (Å²) in [7, 11) is 0. The van der Waals surface area contributed by atoms with E-state index in [2.05, 4.69) is 0 Å². The average molecular weight is 220 g/mol. The molecule has 1 atom stereocenters. The first kappa shape index (κ1) is 14.0. The Morgan fingerprint density at radius 1 is 1.38 bits per heavy atom. The summed E-state index contributed by atoms with van der Waals surface area (Å²) in [5.41, 5.74) is -1.23. The summed E-state index contributed by atoms with van der Waals surface area (Å²) in [6.45, 7) is 0. The molecule has 0 saturated heterocycles. The Kier molecular flexibility index (Phi) is 6.18. The van der Waals surface area contributed by atoms with Crippen molar-refractivity contribution < 1.29 is 47.1 Å². The van der Waals surface area contributed by atoms with Crippen molar-refractivity contribution in [2.45, 2.75) is 32.1 Å². The van der Waals surface area contributed by atoms with E-state index < -0.39 is 22.9 Å². The van der Waals surface area contributed by atoms with Gasteiger partial charge in [-0.1, -0.05) is 23.9 Å². The van der Waals surface area contributed by atoms with Crippen LogP contribution in [0.3, 0.4) is 0 Å². The topological polar surface area (TPSA) is 40.1 Å². The zero-order valence-corrected chi connectivity index (χ0v) is 10.4. The largest absolute Gasteiger partial charge is 1.00 e. The number of hydrogen-bond acceptors (Lipinski definition) is 2. The second kappa shape index (κ2) is 5.75. The smallest absolute Gasteiger partial charge is 0.772 e. The number of rotatable bonds is 3. The van der Waals surface area contributed by atoms with E-state index in [1.807, 2.05) is 0 Å². The van der Waals surface area contributed by atoms with Crippen LogP contribution < -0.4 is 29.6 Å². The third-order valence-corrected chi connectivity index (χ3v) is 3.28. The molecule has 1 aliphatic carbocycles. The van der Waals surface area contributed by atoms with Crippen molar-refractivity contribution in [3.8, 4) is 0 Å². The van der Waals surface area contributed by atoms with Crippen molar-refractivity contribution in [3.63, 3.8) is 0 Å². The summed E-state index contributed by atoms with van der Waals surface area (Å²) in [6.07, 6.45) is -0.363. The first-order valence-electron chi connectivity index (χ1n) is 3.91. The Morgan fingerprint density at radius 2 is 1.85 bits per heavy atom. The molecule has 1 rings (SSSR count). The molecule has 0 aliphatic heterocycles. The fourth-order valence-corrected chi connectivity index (χ4v) is 2.62. The number of alkyl halides is 2. The van der Waals surface area contributed by atoms with Crippen LogP contribution in [0, 0.1) is 5.41 Å². The van der Waals surface area contributed by atoms with E-state index in [1.165, 1.54) is 0 Å². The number of hydrogen-bond donors (Lipinski definition) is 0. The van der Waals surface area contributed by atoms with Gasteiger partial charge in [0.2, 0.25) is 6.43 Å². The first-order chi connectivity index (χ1) is 5.57. The van der Waals surface area contributed by atoms with Crippen LogP contribution in [0.25, 0.3) is 0 Å². The monoisotopic (exact) mass is 220 g/mol. The zero-order chi connectivity index (χ0) is 9.19. The normalized spacial score (nSPS) is 22.8. The molecular weight excluding hydrogens is 209 g/mol. The van der Waals surface area contributed by atoms with Gasteiger partial charge in [0.1, 0.15) is 0 Å². The minimum Gasteiger partial charge on any atom is -0.772 e. The number of halogens is 2. The van der Waals surface area contributed by atoms with E-state index in [-0.39, 0.29) is 35.3 Å². The van der Waals surface area contributed by atoms with E-state index in [0.717, 1.165) is 12.8 Å². The van der Waals surface area contributed by atoms with Crippen molar-refractivity contribution >= 4 is 11.1 Å². The van der Waals surface area contributed by atoms with Crippen LogP contribution in [0.1, 0.15) is 25.7 Å². The maximum Gasteiger partial charge on any atom is 1.00 e. The summed E-state index contributed by atoms with van der Waals surface area (Å²) in [6, 6.07) is 0. The molecule has 72 valence electrons. The van der Waals surface area contributed by atoms with Crippen LogP contribution in [-0.2, 0) is 11.1 Å². The maximum absolute atomic E-state index is 12.5. The molecule has 1 unspecified atom stereocenters. The molecule has 1 aliphatic rings. The molecule has 0 aromatic rings. The van der Waals surface area contributed by atoms with Gasteiger partial charge in [-0.15, -0.1) is 0 Å². The van der Waals surface area contributed by atoms with Gasteiger partial charge >= 0.3 is 29.6 Å².